The summed E-state index contributed by atoms with van der Waals surface area (Å²) >= 11 is 1.35. The van der Waals surface area contributed by atoms with Gasteiger partial charge in [0.15, 0.2) is 5.17 Å². The molecule has 2 heterocycles. The molecule has 1 saturated carbocycles. The molecule has 1 amide bonds. The van der Waals surface area contributed by atoms with Crippen molar-refractivity contribution < 1.29 is 9.18 Å². The average molecular weight is 524 g/mol. The number of fused-ring (bicyclic) bond motifs is 1. The number of amides is 1. The first-order valence-corrected chi connectivity index (χ1v) is 14.1. The van der Waals surface area contributed by atoms with Crippen molar-refractivity contribution in [2.75, 3.05) is 0 Å². The number of carbonyl (C=O) groups excluding carboxylic acids is 1. The Balaban J connectivity index is 1.39. The average Bonchev–Trinajstić information content (AvgIpc) is 3.39. The van der Waals surface area contributed by atoms with Gasteiger partial charge in [0.25, 0.3) is 5.91 Å². The van der Waals surface area contributed by atoms with Gasteiger partial charge >= 0.3 is 0 Å². The maximum absolute atomic E-state index is 14.5. The summed E-state index contributed by atoms with van der Waals surface area (Å²) in [4.78, 5) is 20.9. The Labute approximate surface area is 226 Å². The number of rotatable bonds is 4. The second-order valence-electron chi connectivity index (χ2n) is 10.1. The Hall–Kier alpha value is -3.64. The zero-order valence-electron chi connectivity index (χ0n) is 21.7. The first-order valence-electron chi connectivity index (χ1n) is 13.2. The van der Waals surface area contributed by atoms with Crippen molar-refractivity contribution in [1.29, 1.82) is 0 Å². The number of hydrogen-bond donors (Lipinski definition) is 0. The number of aromatic nitrogens is 1. The van der Waals surface area contributed by atoms with Crippen LogP contribution in [0.25, 0.3) is 22.5 Å². The van der Waals surface area contributed by atoms with Crippen LogP contribution in [0.1, 0.15) is 49.1 Å². The lowest BCUT2D eigenvalue weighted by molar-refractivity contribution is -0.124. The first-order chi connectivity index (χ1) is 18.5. The number of carbonyl (C=O) groups is 1. The molecule has 0 unspecified atom stereocenters. The highest BCUT2D eigenvalue weighted by atomic mass is 32.2. The second-order valence-corrected chi connectivity index (χ2v) is 11.1. The fraction of sp³-hybridized carbons (Fsp3) is 0.250. The number of amidine groups is 1. The van der Waals surface area contributed by atoms with Crippen LogP contribution in [0.5, 0.6) is 0 Å². The summed E-state index contributed by atoms with van der Waals surface area (Å²) in [6, 6.07) is 23.5. The molecule has 0 spiro atoms. The number of para-hydroxylation sites is 1. The molecule has 1 aromatic heterocycles. The first kappa shape index (κ1) is 24.7. The molecule has 2 fully saturated rings. The van der Waals surface area contributed by atoms with Crippen LogP contribution in [0.4, 0.5) is 10.1 Å². The van der Waals surface area contributed by atoms with Crippen LogP contribution in [0.3, 0.4) is 0 Å². The van der Waals surface area contributed by atoms with E-state index in [1.807, 2.05) is 11.0 Å². The Kier molecular flexibility index (Phi) is 6.66. The van der Waals surface area contributed by atoms with Crippen molar-refractivity contribution in [1.82, 2.24) is 9.47 Å². The minimum absolute atomic E-state index is 0.0347. The van der Waals surface area contributed by atoms with Gasteiger partial charge in [-0.3, -0.25) is 9.69 Å². The summed E-state index contributed by atoms with van der Waals surface area (Å²) in [5, 5.41) is 2.97. The summed E-state index contributed by atoms with van der Waals surface area (Å²) < 4.78 is 16.7. The summed E-state index contributed by atoms with van der Waals surface area (Å²) in [6.45, 7) is 4.18. The van der Waals surface area contributed by atoms with Gasteiger partial charge in [0, 0.05) is 23.1 Å². The molecule has 1 aliphatic carbocycles. The van der Waals surface area contributed by atoms with Crippen molar-refractivity contribution in [2.24, 2.45) is 4.99 Å². The van der Waals surface area contributed by atoms with Gasteiger partial charge < -0.3 is 4.57 Å². The SMILES string of the molecule is Cc1cc(/C=C2\SC(=Nc3ccccc3F)N(C3CCCCC3)C2=O)c(C)n1-c1ccc2ccccc2c1. The van der Waals surface area contributed by atoms with E-state index in [0.717, 1.165) is 48.3 Å². The molecular weight excluding hydrogens is 493 g/mol. The number of hydrogen-bond acceptors (Lipinski definition) is 3. The number of benzene rings is 3. The van der Waals surface area contributed by atoms with Crippen molar-refractivity contribution in [3.8, 4) is 5.69 Å². The Morgan fingerprint density at radius 3 is 2.45 bits per heavy atom. The largest absolute Gasteiger partial charge is 0.318 e. The second kappa shape index (κ2) is 10.3. The molecule has 0 bridgehead atoms. The van der Waals surface area contributed by atoms with Crippen LogP contribution < -0.4 is 0 Å². The van der Waals surface area contributed by atoms with Crippen molar-refractivity contribution in [2.45, 2.75) is 52.0 Å². The fourth-order valence-electron chi connectivity index (χ4n) is 5.66. The van der Waals surface area contributed by atoms with Crippen LogP contribution >= 0.6 is 11.8 Å². The summed E-state index contributed by atoms with van der Waals surface area (Å²) in [7, 11) is 0. The van der Waals surface area contributed by atoms with Gasteiger partial charge in [-0.15, -0.1) is 0 Å². The van der Waals surface area contributed by atoms with E-state index < -0.39 is 0 Å². The molecule has 0 radical (unpaired) electrons. The van der Waals surface area contributed by atoms with E-state index >= 15 is 0 Å². The van der Waals surface area contributed by atoms with Crippen LogP contribution in [-0.4, -0.2) is 26.6 Å². The number of aliphatic imine (C=N–C) groups is 1. The predicted molar refractivity (Wildman–Crippen MR) is 156 cm³/mol. The maximum atomic E-state index is 14.5. The Morgan fingerprint density at radius 1 is 0.921 bits per heavy atom. The smallest absolute Gasteiger partial charge is 0.267 e. The highest BCUT2D eigenvalue weighted by Crippen LogP contribution is 2.39. The lowest BCUT2D eigenvalue weighted by atomic mass is 9.94. The molecule has 6 rings (SSSR count). The molecule has 2 aliphatic rings. The molecule has 6 heteroatoms. The Bertz CT molecular complexity index is 1600. The summed E-state index contributed by atoms with van der Waals surface area (Å²) in [5.41, 5.74) is 4.54. The minimum atomic E-state index is -0.381. The van der Waals surface area contributed by atoms with Crippen molar-refractivity contribution >= 4 is 45.4 Å². The molecule has 0 atom stereocenters. The lowest BCUT2D eigenvalue weighted by Crippen LogP contribution is -2.40. The molecule has 192 valence electrons. The zero-order valence-corrected chi connectivity index (χ0v) is 22.5. The van der Waals surface area contributed by atoms with Gasteiger partial charge in [-0.1, -0.05) is 61.7 Å². The standard InChI is InChI=1S/C32H30FN3OS/c1-21-18-25(22(2)35(21)27-17-16-23-10-6-7-11-24(23)19-27)20-30-31(37)36(26-12-4-3-5-13-26)32(38-30)34-29-15-9-8-14-28(29)33/h6-11,14-20,26H,3-5,12-13H2,1-2H3/b30-20-,34-32?. The van der Waals surface area contributed by atoms with Gasteiger partial charge in [-0.2, -0.15) is 0 Å². The van der Waals surface area contributed by atoms with E-state index in [1.165, 1.54) is 35.0 Å². The molecular formula is C32H30FN3OS. The van der Waals surface area contributed by atoms with E-state index in [9.17, 15) is 9.18 Å². The third-order valence-corrected chi connectivity index (χ3v) is 8.58. The van der Waals surface area contributed by atoms with Gasteiger partial charge in [-0.25, -0.2) is 9.38 Å². The summed E-state index contributed by atoms with van der Waals surface area (Å²) in [6.07, 6.45) is 7.26. The fourth-order valence-corrected chi connectivity index (χ4v) is 6.70. The maximum Gasteiger partial charge on any atom is 0.267 e. The molecule has 1 saturated heterocycles. The number of halogens is 1. The van der Waals surface area contributed by atoms with Gasteiger partial charge in [0.05, 0.1) is 4.91 Å². The Morgan fingerprint density at radius 2 is 1.66 bits per heavy atom. The van der Waals surface area contributed by atoms with Gasteiger partial charge in [-0.05, 0) is 91.2 Å². The molecule has 38 heavy (non-hydrogen) atoms. The number of thioether (sulfide) groups is 1. The van der Waals surface area contributed by atoms with Crippen LogP contribution in [-0.2, 0) is 4.79 Å². The normalized spacial score (nSPS) is 18.8. The van der Waals surface area contributed by atoms with Crippen molar-refractivity contribution in [3.05, 3.63) is 100 Å². The zero-order chi connectivity index (χ0) is 26.2. The quantitative estimate of drug-likeness (QED) is 0.252. The third-order valence-electron chi connectivity index (χ3n) is 7.59. The van der Waals surface area contributed by atoms with E-state index in [0.29, 0.717) is 10.1 Å². The molecule has 0 N–H and O–H groups in total. The molecule has 4 nitrogen and oxygen atoms in total. The number of nitrogens with zero attached hydrogens (tertiary/aromatic N) is 3. The minimum Gasteiger partial charge on any atom is -0.318 e. The predicted octanol–water partition coefficient (Wildman–Crippen LogP) is 8.32. The number of aryl methyl sites for hydroxylation is 1. The monoisotopic (exact) mass is 523 g/mol. The lowest BCUT2D eigenvalue weighted by Gasteiger charge is -2.30. The van der Waals surface area contributed by atoms with E-state index in [4.69, 9.17) is 0 Å². The van der Waals surface area contributed by atoms with E-state index in [2.05, 4.69) is 71.9 Å². The van der Waals surface area contributed by atoms with Crippen LogP contribution in [0.15, 0.2) is 82.7 Å². The molecule has 1 aliphatic heterocycles. The third kappa shape index (κ3) is 4.58. The van der Waals surface area contributed by atoms with Crippen LogP contribution in [0, 0.1) is 19.7 Å². The molecule has 3 aromatic carbocycles. The highest BCUT2D eigenvalue weighted by Gasteiger charge is 2.39. The summed E-state index contributed by atoms with van der Waals surface area (Å²) in [5.74, 6) is -0.416. The van der Waals surface area contributed by atoms with Gasteiger partial charge in [0.1, 0.15) is 11.5 Å². The van der Waals surface area contributed by atoms with Crippen LogP contribution in [0.2, 0.25) is 0 Å². The van der Waals surface area contributed by atoms with Gasteiger partial charge in [0.2, 0.25) is 0 Å². The van der Waals surface area contributed by atoms with Crippen molar-refractivity contribution in [3.63, 3.8) is 0 Å². The molecule has 4 aromatic rings. The topological polar surface area (TPSA) is 37.6 Å². The van der Waals surface area contributed by atoms with E-state index in [1.54, 1.807) is 18.2 Å². The highest BCUT2D eigenvalue weighted by molar-refractivity contribution is 8.18. The van der Waals surface area contributed by atoms with E-state index in [-0.39, 0.29) is 23.5 Å².